The molecule has 0 amide bonds. The maximum atomic E-state index is 12.1. The SMILES string of the molecule is CCOC(=O)C(NC)c1c(C)cc(C)c(C)c1OC. The van der Waals surface area contributed by atoms with Crippen molar-refractivity contribution < 1.29 is 14.3 Å². The van der Waals surface area contributed by atoms with Crippen molar-refractivity contribution in [2.24, 2.45) is 0 Å². The summed E-state index contributed by atoms with van der Waals surface area (Å²) in [5.74, 6) is 0.472. The molecule has 0 aliphatic carbocycles. The molecule has 1 aromatic rings. The Morgan fingerprint density at radius 3 is 2.42 bits per heavy atom. The summed E-state index contributed by atoms with van der Waals surface area (Å²) in [6, 6.07) is 1.56. The van der Waals surface area contributed by atoms with Gasteiger partial charge in [-0.05, 0) is 51.4 Å². The van der Waals surface area contributed by atoms with Crippen LogP contribution in [0.3, 0.4) is 0 Å². The van der Waals surface area contributed by atoms with E-state index in [2.05, 4.69) is 11.4 Å². The van der Waals surface area contributed by atoms with Crippen molar-refractivity contribution in [3.8, 4) is 5.75 Å². The van der Waals surface area contributed by atoms with E-state index in [0.717, 1.165) is 28.0 Å². The van der Waals surface area contributed by atoms with Crippen LogP contribution in [-0.4, -0.2) is 26.7 Å². The van der Waals surface area contributed by atoms with Crippen molar-refractivity contribution in [3.63, 3.8) is 0 Å². The van der Waals surface area contributed by atoms with E-state index < -0.39 is 6.04 Å². The Hall–Kier alpha value is -1.55. The van der Waals surface area contributed by atoms with Gasteiger partial charge in [0.2, 0.25) is 0 Å². The molecule has 0 aliphatic rings. The molecule has 1 unspecified atom stereocenters. The van der Waals surface area contributed by atoms with Gasteiger partial charge in [-0.1, -0.05) is 6.07 Å². The fourth-order valence-electron chi connectivity index (χ4n) is 2.30. The number of methoxy groups -OCH3 is 1. The van der Waals surface area contributed by atoms with Crippen LogP contribution in [0.5, 0.6) is 5.75 Å². The van der Waals surface area contributed by atoms with Crippen LogP contribution in [0.1, 0.15) is 35.2 Å². The molecule has 0 spiro atoms. The predicted octanol–water partition coefficient (Wildman–Crippen LogP) is 2.44. The highest BCUT2D eigenvalue weighted by molar-refractivity contribution is 5.80. The molecule has 19 heavy (non-hydrogen) atoms. The molecule has 0 saturated heterocycles. The first-order chi connectivity index (χ1) is 8.97. The highest BCUT2D eigenvalue weighted by Crippen LogP contribution is 2.34. The fraction of sp³-hybridized carbons (Fsp3) is 0.533. The summed E-state index contributed by atoms with van der Waals surface area (Å²) in [4.78, 5) is 12.1. The van der Waals surface area contributed by atoms with Crippen molar-refractivity contribution in [2.75, 3.05) is 20.8 Å². The quantitative estimate of drug-likeness (QED) is 0.831. The minimum Gasteiger partial charge on any atom is -0.496 e. The molecule has 4 nitrogen and oxygen atoms in total. The first-order valence-electron chi connectivity index (χ1n) is 6.46. The summed E-state index contributed by atoms with van der Waals surface area (Å²) in [7, 11) is 3.37. The number of hydrogen-bond donors (Lipinski definition) is 1. The second-order valence-corrected chi connectivity index (χ2v) is 4.56. The van der Waals surface area contributed by atoms with Gasteiger partial charge in [0, 0.05) is 5.56 Å². The molecule has 0 heterocycles. The summed E-state index contributed by atoms with van der Waals surface area (Å²) in [5.41, 5.74) is 4.07. The maximum absolute atomic E-state index is 12.1. The fourth-order valence-corrected chi connectivity index (χ4v) is 2.30. The highest BCUT2D eigenvalue weighted by atomic mass is 16.5. The minimum absolute atomic E-state index is 0.283. The number of rotatable bonds is 5. The summed E-state index contributed by atoms with van der Waals surface area (Å²) in [6.07, 6.45) is 0. The van der Waals surface area contributed by atoms with Crippen LogP contribution in [0.15, 0.2) is 6.07 Å². The molecular formula is C15H23NO3. The van der Waals surface area contributed by atoms with Gasteiger partial charge < -0.3 is 14.8 Å². The number of carbonyl (C=O) groups is 1. The lowest BCUT2D eigenvalue weighted by atomic mass is 9.94. The van der Waals surface area contributed by atoms with E-state index in [1.54, 1.807) is 21.1 Å². The van der Waals surface area contributed by atoms with E-state index >= 15 is 0 Å². The normalized spacial score (nSPS) is 12.1. The standard InChI is InChI=1S/C15H23NO3/c1-7-19-15(17)13(16-5)12-10(3)8-9(2)11(4)14(12)18-6/h8,13,16H,7H2,1-6H3. The molecule has 0 aromatic heterocycles. The molecule has 106 valence electrons. The van der Waals surface area contributed by atoms with Crippen LogP contribution >= 0.6 is 0 Å². The van der Waals surface area contributed by atoms with Gasteiger partial charge >= 0.3 is 5.97 Å². The third-order valence-electron chi connectivity index (χ3n) is 3.34. The predicted molar refractivity (Wildman–Crippen MR) is 75.6 cm³/mol. The average Bonchev–Trinajstić information content (AvgIpc) is 2.37. The van der Waals surface area contributed by atoms with E-state index in [1.165, 1.54) is 0 Å². The van der Waals surface area contributed by atoms with Crippen LogP contribution in [0.2, 0.25) is 0 Å². The van der Waals surface area contributed by atoms with Crippen molar-refractivity contribution in [1.29, 1.82) is 0 Å². The largest absolute Gasteiger partial charge is 0.496 e. The Morgan fingerprint density at radius 1 is 1.32 bits per heavy atom. The summed E-state index contributed by atoms with van der Waals surface area (Å²) in [6.45, 7) is 8.18. The van der Waals surface area contributed by atoms with Crippen LogP contribution < -0.4 is 10.1 Å². The monoisotopic (exact) mass is 265 g/mol. The molecule has 0 saturated carbocycles. The van der Waals surface area contributed by atoms with Crippen molar-refractivity contribution in [2.45, 2.75) is 33.7 Å². The van der Waals surface area contributed by atoms with E-state index in [-0.39, 0.29) is 5.97 Å². The molecule has 1 atom stereocenters. The Morgan fingerprint density at radius 2 is 1.95 bits per heavy atom. The summed E-state index contributed by atoms with van der Waals surface area (Å²) < 4.78 is 10.6. The van der Waals surface area contributed by atoms with Gasteiger partial charge in [-0.25, -0.2) is 4.79 Å². The number of hydrogen-bond acceptors (Lipinski definition) is 4. The van der Waals surface area contributed by atoms with E-state index in [0.29, 0.717) is 6.61 Å². The summed E-state index contributed by atoms with van der Waals surface area (Å²) >= 11 is 0. The Labute approximate surface area is 115 Å². The Balaban J connectivity index is 3.38. The van der Waals surface area contributed by atoms with Gasteiger partial charge in [0.15, 0.2) is 0 Å². The van der Waals surface area contributed by atoms with Gasteiger partial charge in [-0.15, -0.1) is 0 Å². The Kier molecular flexibility index (Phi) is 5.36. The van der Waals surface area contributed by atoms with Crippen molar-refractivity contribution >= 4 is 5.97 Å². The molecule has 1 N–H and O–H groups in total. The molecule has 0 fully saturated rings. The lowest BCUT2D eigenvalue weighted by molar-refractivity contribution is -0.145. The third-order valence-corrected chi connectivity index (χ3v) is 3.34. The van der Waals surface area contributed by atoms with Gasteiger partial charge in [-0.3, -0.25) is 0 Å². The molecule has 0 radical (unpaired) electrons. The van der Waals surface area contributed by atoms with Crippen LogP contribution in [0, 0.1) is 20.8 Å². The second kappa shape index (κ2) is 6.57. The highest BCUT2D eigenvalue weighted by Gasteiger charge is 2.26. The first kappa shape index (κ1) is 15.5. The zero-order valence-corrected chi connectivity index (χ0v) is 12.6. The van der Waals surface area contributed by atoms with Crippen LogP contribution in [0.25, 0.3) is 0 Å². The van der Waals surface area contributed by atoms with Gasteiger partial charge in [0.05, 0.1) is 13.7 Å². The number of nitrogens with one attached hydrogen (secondary N) is 1. The maximum Gasteiger partial charge on any atom is 0.327 e. The third kappa shape index (κ3) is 3.07. The van der Waals surface area contributed by atoms with E-state index in [9.17, 15) is 4.79 Å². The summed E-state index contributed by atoms with van der Waals surface area (Å²) in [5, 5.41) is 3.01. The number of likely N-dealkylation sites (N-methyl/N-ethyl adjacent to an activating group) is 1. The molecule has 1 rings (SSSR count). The number of aryl methyl sites for hydroxylation is 2. The van der Waals surface area contributed by atoms with Gasteiger partial charge in [0.1, 0.15) is 11.8 Å². The molecule has 0 aliphatic heterocycles. The van der Waals surface area contributed by atoms with Gasteiger partial charge in [-0.2, -0.15) is 0 Å². The molecule has 0 bridgehead atoms. The topological polar surface area (TPSA) is 47.6 Å². The van der Waals surface area contributed by atoms with Gasteiger partial charge in [0.25, 0.3) is 0 Å². The zero-order chi connectivity index (χ0) is 14.6. The Bertz CT molecular complexity index is 469. The molecular weight excluding hydrogens is 242 g/mol. The minimum atomic E-state index is -0.505. The van der Waals surface area contributed by atoms with Crippen LogP contribution in [-0.2, 0) is 9.53 Å². The average molecular weight is 265 g/mol. The number of ether oxygens (including phenoxy) is 2. The van der Waals surface area contributed by atoms with Crippen molar-refractivity contribution in [1.82, 2.24) is 5.32 Å². The zero-order valence-electron chi connectivity index (χ0n) is 12.6. The van der Waals surface area contributed by atoms with E-state index in [4.69, 9.17) is 9.47 Å². The van der Waals surface area contributed by atoms with E-state index in [1.807, 2.05) is 20.8 Å². The lowest BCUT2D eigenvalue weighted by Gasteiger charge is -2.22. The second-order valence-electron chi connectivity index (χ2n) is 4.56. The first-order valence-corrected chi connectivity index (χ1v) is 6.46. The smallest absolute Gasteiger partial charge is 0.327 e. The number of esters is 1. The number of carbonyl (C=O) groups excluding carboxylic acids is 1. The molecule has 1 aromatic carbocycles. The molecule has 4 heteroatoms. The van der Waals surface area contributed by atoms with Crippen LogP contribution in [0.4, 0.5) is 0 Å². The lowest BCUT2D eigenvalue weighted by Crippen LogP contribution is -2.28. The van der Waals surface area contributed by atoms with Crippen molar-refractivity contribution in [3.05, 3.63) is 28.3 Å². The number of benzene rings is 1.